The van der Waals surface area contributed by atoms with Gasteiger partial charge in [0.1, 0.15) is 0 Å². The van der Waals surface area contributed by atoms with Crippen LogP contribution < -0.4 is 0 Å². The van der Waals surface area contributed by atoms with E-state index in [1.54, 1.807) is 0 Å². The Morgan fingerprint density at radius 3 is 2.17 bits per heavy atom. The molecular formula is C4H7O6PS. The molecule has 0 aromatic rings. The molecule has 0 heterocycles. The monoisotopic (exact) mass is 214 g/mol. The second-order valence-electron chi connectivity index (χ2n) is 1.65. The number of hydrogen-bond acceptors (Lipinski definition) is 4. The first-order chi connectivity index (χ1) is 5.22. The summed E-state index contributed by atoms with van der Waals surface area (Å²) < 4.78 is 34.3. The zero-order chi connectivity index (χ0) is 9.99. The minimum Gasteiger partial charge on any atom is -0.387 e. The molecule has 0 radical (unpaired) electrons. The molecule has 0 amide bonds. The smallest absolute Gasteiger partial charge is 0.370 e. The van der Waals surface area contributed by atoms with Crippen LogP contribution in [-0.4, -0.2) is 18.2 Å². The zero-order valence-corrected chi connectivity index (χ0v) is 7.59. The van der Waals surface area contributed by atoms with Crippen molar-refractivity contribution in [3.63, 3.8) is 0 Å². The molecule has 0 aliphatic heterocycles. The molecule has 0 rings (SSSR count). The van der Waals surface area contributed by atoms with E-state index < -0.39 is 22.4 Å². The highest BCUT2D eigenvalue weighted by atomic mass is 32.2. The normalized spacial score (nSPS) is 12.2. The van der Waals surface area contributed by atoms with Crippen LogP contribution in [0.15, 0.2) is 24.1 Å². The minimum absolute atomic E-state index is 0.538. The van der Waals surface area contributed by atoms with Gasteiger partial charge < -0.3 is 14.0 Å². The molecule has 0 aliphatic carbocycles. The van der Waals surface area contributed by atoms with Gasteiger partial charge in [-0.2, -0.15) is 8.42 Å². The highest BCUT2D eigenvalue weighted by Gasteiger charge is 2.32. The molecule has 0 atom stereocenters. The second kappa shape index (κ2) is 3.40. The average molecular weight is 214 g/mol. The predicted octanol–water partition coefficient (Wildman–Crippen LogP) is 0.125. The molecule has 12 heavy (non-hydrogen) atoms. The third kappa shape index (κ3) is 2.78. The van der Waals surface area contributed by atoms with Crippen molar-refractivity contribution in [1.29, 1.82) is 0 Å². The molecule has 0 saturated carbocycles. The van der Waals surface area contributed by atoms with Crippen molar-refractivity contribution in [2.75, 3.05) is 0 Å². The summed E-state index contributed by atoms with van der Waals surface area (Å²) in [7, 11) is -9.31. The van der Waals surface area contributed by atoms with E-state index >= 15 is 0 Å². The fourth-order valence-corrected chi connectivity index (χ4v) is 1.88. The van der Waals surface area contributed by atoms with E-state index in [9.17, 15) is 13.0 Å². The van der Waals surface area contributed by atoms with Crippen LogP contribution >= 0.6 is 7.60 Å². The lowest BCUT2D eigenvalue weighted by atomic mass is 11.2. The Kier molecular flexibility index (Phi) is 3.23. The van der Waals surface area contributed by atoms with Crippen molar-refractivity contribution in [3.8, 4) is 0 Å². The molecule has 2 N–H and O–H groups in total. The Hall–Kier alpha value is -0.620. The van der Waals surface area contributed by atoms with Crippen LogP contribution in [0.3, 0.4) is 0 Å². The molecule has 8 heteroatoms. The van der Waals surface area contributed by atoms with Gasteiger partial charge in [-0.25, -0.2) is 0 Å². The van der Waals surface area contributed by atoms with E-state index in [1.165, 1.54) is 0 Å². The van der Waals surface area contributed by atoms with Crippen LogP contribution in [0.4, 0.5) is 0 Å². The molecule has 0 aromatic heterocycles. The van der Waals surface area contributed by atoms with Gasteiger partial charge in [-0.3, -0.25) is 4.57 Å². The summed E-state index contributed by atoms with van der Waals surface area (Å²) in [4.78, 5) is 16.7. The Labute approximate surface area is 69.5 Å². The molecule has 0 bridgehead atoms. The van der Waals surface area contributed by atoms with Crippen LogP contribution in [-0.2, 0) is 18.9 Å². The fourth-order valence-electron chi connectivity index (χ4n) is 0.291. The molecule has 0 fully saturated rings. The number of hydrogen-bond donors (Lipinski definition) is 2. The largest absolute Gasteiger partial charge is 0.387 e. The van der Waals surface area contributed by atoms with Gasteiger partial charge >= 0.3 is 17.7 Å². The average Bonchev–Trinajstić information content (AvgIpc) is 1.84. The minimum atomic E-state index is -4.86. The van der Waals surface area contributed by atoms with E-state index in [4.69, 9.17) is 9.79 Å². The highest BCUT2D eigenvalue weighted by molar-refractivity contribution is 7.99. The topological polar surface area (TPSA) is 101 Å². The van der Waals surface area contributed by atoms with Crippen molar-refractivity contribution < 1.29 is 27.0 Å². The number of rotatable bonds is 4. The summed E-state index contributed by atoms with van der Waals surface area (Å²) in [6.07, 6.45) is 0.538. The van der Waals surface area contributed by atoms with Gasteiger partial charge in [-0.15, -0.1) is 0 Å². The summed E-state index contributed by atoms with van der Waals surface area (Å²) in [6.45, 7) is 5.61. The second-order valence-corrected chi connectivity index (χ2v) is 5.18. The van der Waals surface area contributed by atoms with E-state index in [-0.39, 0.29) is 0 Å². The summed E-state index contributed by atoms with van der Waals surface area (Å²) >= 11 is 0. The molecule has 0 unspecified atom stereocenters. The Balaban J connectivity index is 4.97. The predicted molar refractivity (Wildman–Crippen MR) is 41.4 cm³/mol. The van der Waals surface area contributed by atoms with Gasteiger partial charge in [0, 0.05) is 0 Å². The lowest BCUT2D eigenvalue weighted by Crippen LogP contribution is -2.04. The van der Waals surface area contributed by atoms with E-state index in [2.05, 4.69) is 17.3 Å². The van der Waals surface area contributed by atoms with Crippen molar-refractivity contribution in [1.82, 2.24) is 0 Å². The van der Waals surface area contributed by atoms with E-state index in [1.807, 2.05) is 0 Å². The maximum absolute atomic E-state index is 10.7. The van der Waals surface area contributed by atoms with Crippen molar-refractivity contribution in [2.45, 2.75) is 0 Å². The fraction of sp³-hybridized carbons (Fsp3) is 0. The quantitative estimate of drug-likeness (QED) is 0.391. The first-order valence-electron chi connectivity index (χ1n) is 2.51. The Morgan fingerprint density at radius 2 is 1.92 bits per heavy atom. The SMILES string of the molecule is C=COS(=O)(=O)C(=C)P(=O)(O)O. The van der Waals surface area contributed by atoms with Crippen LogP contribution in [0.2, 0.25) is 0 Å². The van der Waals surface area contributed by atoms with E-state index in [0.29, 0.717) is 6.26 Å². The maximum Gasteiger partial charge on any atom is 0.370 e. The molecular weight excluding hydrogens is 207 g/mol. The Morgan fingerprint density at radius 1 is 1.50 bits per heavy atom. The highest BCUT2D eigenvalue weighted by Crippen LogP contribution is 2.47. The van der Waals surface area contributed by atoms with Crippen LogP contribution in [0, 0.1) is 0 Å². The van der Waals surface area contributed by atoms with Crippen LogP contribution in [0.1, 0.15) is 0 Å². The van der Waals surface area contributed by atoms with Crippen LogP contribution in [0.25, 0.3) is 0 Å². The Bertz CT molecular complexity index is 335. The molecule has 70 valence electrons. The third-order valence-corrected chi connectivity index (χ3v) is 3.81. The summed E-state index contributed by atoms with van der Waals surface area (Å²) in [6, 6.07) is 0. The summed E-state index contributed by atoms with van der Waals surface area (Å²) in [5, 5.41) is 0. The molecule has 0 aliphatic rings. The van der Waals surface area contributed by atoms with Crippen molar-refractivity contribution in [2.24, 2.45) is 0 Å². The standard InChI is InChI=1S/C4H7O6PS/c1-3-10-12(8,9)4(2)11(5,6)7/h3H,1-2H2,(H2,5,6,7). The first-order valence-corrected chi connectivity index (χ1v) is 5.53. The first kappa shape index (κ1) is 11.4. The van der Waals surface area contributed by atoms with Gasteiger partial charge in [0.25, 0.3) is 0 Å². The van der Waals surface area contributed by atoms with E-state index in [0.717, 1.165) is 0 Å². The summed E-state index contributed by atoms with van der Waals surface area (Å²) in [5.41, 5.74) is 0. The maximum atomic E-state index is 10.7. The lowest BCUT2D eigenvalue weighted by Gasteiger charge is -2.06. The zero-order valence-electron chi connectivity index (χ0n) is 5.87. The van der Waals surface area contributed by atoms with Gasteiger partial charge in [0.2, 0.25) is 0 Å². The van der Waals surface area contributed by atoms with Crippen LogP contribution in [0.5, 0.6) is 0 Å². The van der Waals surface area contributed by atoms with Gasteiger partial charge in [0.15, 0.2) is 4.65 Å². The molecule has 0 aromatic carbocycles. The van der Waals surface area contributed by atoms with Crippen molar-refractivity contribution in [3.05, 3.63) is 24.1 Å². The molecule has 0 saturated heterocycles. The van der Waals surface area contributed by atoms with Gasteiger partial charge in [-0.1, -0.05) is 13.2 Å². The molecule has 0 spiro atoms. The van der Waals surface area contributed by atoms with Gasteiger partial charge in [-0.05, 0) is 0 Å². The van der Waals surface area contributed by atoms with Crippen molar-refractivity contribution >= 4 is 17.7 Å². The summed E-state index contributed by atoms with van der Waals surface area (Å²) in [5.74, 6) is 0. The molecule has 6 nitrogen and oxygen atoms in total. The van der Waals surface area contributed by atoms with Gasteiger partial charge in [0.05, 0.1) is 6.26 Å². The lowest BCUT2D eigenvalue weighted by molar-refractivity contribution is 0.382. The third-order valence-electron chi connectivity index (χ3n) is 0.808.